The van der Waals surface area contributed by atoms with Crippen molar-refractivity contribution < 1.29 is 14.3 Å². The van der Waals surface area contributed by atoms with Crippen molar-refractivity contribution >= 4 is 17.5 Å². The molecule has 0 bridgehead atoms. The van der Waals surface area contributed by atoms with Crippen LogP contribution < -0.4 is 15.4 Å². The Morgan fingerprint density at radius 3 is 3.00 bits per heavy atom. The van der Waals surface area contributed by atoms with Gasteiger partial charge in [0.1, 0.15) is 5.75 Å². The highest BCUT2D eigenvalue weighted by molar-refractivity contribution is 6.00. The molecule has 2 N–H and O–H groups in total. The van der Waals surface area contributed by atoms with E-state index in [0.717, 1.165) is 38.0 Å². The first-order valence-electron chi connectivity index (χ1n) is 9.69. The first kappa shape index (κ1) is 18.4. The molecule has 1 fully saturated rings. The summed E-state index contributed by atoms with van der Waals surface area (Å²) in [5, 5.41) is 6.18. The third kappa shape index (κ3) is 4.14. The van der Waals surface area contributed by atoms with Gasteiger partial charge in [-0.05, 0) is 62.7 Å². The molecule has 1 unspecified atom stereocenters. The van der Waals surface area contributed by atoms with Crippen LogP contribution in [0.2, 0.25) is 0 Å². The minimum absolute atomic E-state index is 0.00116. The lowest BCUT2D eigenvalue weighted by Crippen LogP contribution is -2.40. The lowest BCUT2D eigenvalue weighted by molar-refractivity contribution is -0.118. The Labute approximate surface area is 164 Å². The lowest BCUT2D eigenvalue weighted by Gasteiger charge is -2.31. The number of pyridine rings is 1. The van der Waals surface area contributed by atoms with Crippen LogP contribution in [0.1, 0.15) is 35.3 Å². The first-order chi connectivity index (χ1) is 13.7. The summed E-state index contributed by atoms with van der Waals surface area (Å²) in [7, 11) is 0. The van der Waals surface area contributed by atoms with Crippen LogP contribution in [0.15, 0.2) is 42.6 Å². The smallest absolute Gasteiger partial charge is 0.262 e. The Morgan fingerprint density at radius 1 is 1.21 bits per heavy atom. The zero-order chi connectivity index (χ0) is 19.3. The van der Waals surface area contributed by atoms with Gasteiger partial charge in [-0.25, -0.2) is 0 Å². The minimum Gasteiger partial charge on any atom is -0.482 e. The highest BCUT2D eigenvalue weighted by atomic mass is 16.5. The average molecular weight is 380 g/mol. The highest BCUT2D eigenvalue weighted by Crippen LogP contribution is 2.30. The van der Waals surface area contributed by atoms with Gasteiger partial charge in [-0.15, -0.1) is 0 Å². The van der Waals surface area contributed by atoms with Crippen molar-refractivity contribution in [3.05, 3.63) is 53.9 Å². The second-order valence-electron chi connectivity index (χ2n) is 7.14. The van der Waals surface area contributed by atoms with E-state index in [-0.39, 0.29) is 24.5 Å². The number of benzene rings is 1. The number of ether oxygens (including phenoxy) is 1. The van der Waals surface area contributed by atoms with Crippen LogP contribution in [0.5, 0.6) is 5.75 Å². The molecule has 2 aliphatic heterocycles. The third-order valence-corrected chi connectivity index (χ3v) is 5.16. The topological polar surface area (TPSA) is 83.6 Å². The molecule has 28 heavy (non-hydrogen) atoms. The fraction of sp³-hybridized carbons (Fsp3) is 0.381. The molecule has 3 heterocycles. The molecular formula is C21H24N4O3. The van der Waals surface area contributed by atoms with Crippen LogP contribution in [0.3, 0.4) is 0 Å². The SMILES string of the molecule is O=C1COc2ccc(C(=O)N(Cc3ccccn3)C3CCCNCC3)cc2N1. The maximum absolute atomic E-state index is 13.5. The summed E-state index contributed by atoms with van der Waals surface area (Å²) < 4.78 is 5.40. The summed E-state index contributed by atoms with van der Waals surface area (Å²) in [5.74, 6) is 0.323. The molecule has 1 aromatic heterocycles. The number of rotatable bonds is 4. The number of amides is 2. The van der Waals surface area contributed by atoms with Crippen molar-refractivity contribution in [2.45, 2.75) is 31.8 Å². The van der Waals surface area contributed by atoms with Crippen molar-refractivity contribution in [3.63, 3.8) is 0 Å². The summed E-state index contributed by atoms with van der Waals surface area (Å²) in [4.78, 5) is 31.4. The zero-order valence-electron chi connectivity index (χ0n) is 15.7. The molecule has 1 aromatic carbocycles. The molecule has 146 valence electrons. The van der Waals surface area contributed by atoms with Gasteiger partial charge >= 0.3 is 0 Å². The van der Waals surface area contributed by atoms with Crippen molar-refractivity contribution in [1.82, 2.24) is 15.2 Å². The maximum atomic E-state index is 13.5. The van der Waals surface area contributed by atoms with Crippen LogP contribution in [-0.4, -0.2) is 47.4 Å². The second-order valence-corrected chi connectivity index (χ2v) is 7.14. The number of carbonyl (C=O) groups is 2. The number of nitrogens with one attached hydrogen (secondary N) is 2. The van der Waals surface area contributed by atoms with Crippen LogP contribution in [0.4, 0.5) is 5.69 Å². The van der Waals surface area contributed by atoms with Gasteiger partial charge in [0.2, 0.25) is 0 Å². The predicted molar refractivity (Wildman–Crippen MR) is 105 cm³/mol. The van der Waals surface area contributed by atoms with Gasteiger partial charge in [-0.1, -0.05) is 6.07 Å². The molecule has 1 saturated heterocycles. The van der Waals surface area contributed by atoms with Crippen LogP contribution in [-0.2, 0) is 11.3 Å². The summed E-state index contributed by atoms with van der Waals surface area (Å²) >= 11 is 0. The molecule has 1 atom stereocenters. The van der Waals surface area contributed by atoms with Gasteiger partial charge in [-0.2, -0.15) is 0 Å². The normalized spacial score (nSPS) is 19.0. The molecule has 7 nitrogen and oxygen atoms in total. The second kappa shape index (κ2) is 8.39. The van der Waals surface area contributed by atoms with E-state index in [0.29, 0.717) is 23.5 Å². The van der Waals surface area contributed by atoms with E-state index in [2.05, 4.69) is 15.6 Å². The summed E-state index contributed by atoms with van der Waals surface area (Å²) in [5.41, 5.74) is 1.95. The molecule has 0 radical (unpaired) electrons. The quantitative estimate of drug-likeness (QED) is 0.850. The molecule has 0 aliphatic carbocycles. The number of nitrogens with zero attached hydrogens (tertiary/aromatic N) is 2. The van der Waals surface area contributed by atoms with Crippen LogP contribution in [0, 0.1) is 0 Å². The zero-order valence-corrected chi connectivity index (χ0v) is 15.7. The number of fused-ring (bicyclic) bond motifs is 1. The van der Waals surface area contributed by atoms with Crippen LogP contribution >= 0.6 is 0 Å². The molecule has 4 rings (SSSR count). The molecule has 7 heteroatoms. The van der Waals surface area contributed by atoms with Gasteiger partial charge in [0, 0.05) is 17.8 Å². The van der Waals surface area contributed by atoms with Gasteiger partial charge in [0.05, 0.1) is 17.9 Å². The molecule has 2 aliphatic rings. The number of anilines is 1. The number of hydrogen-bond acceptors (Lipinski definition) is 5. The fourth-order valence-electron chi connectivity index (χ4n) is 3.73. The summed E-state index contributed by atoms with van der Waals surface area (Å²) in [6.45, 7) is 2.33. The monoisotopic (exact) mass is 380 g/mol. The van der Waals surface area contributed by atoms with Crippen LogP contribution in [0.25, 0.3) is 0 Å². The Hall–Kier alpha value is -2.93. The van der Waals surface area contributed by atoms with E-state index in [9.17, 15) is 9.59 Å². The third-order valence-electron chi connectivity index (χ3n) is 5.16. The summed E-state index contributed by atoms with van der Waals surface area (Å²) in [6, 6.07) is 11.1. The molecule has 2 amide bonds. The van der Waals surface area contributed by atoms with Crippen molar-refractivity contribution in [2.24, 2.45) is 0 Å². The highest BCUT2D eigenvalue weighted by Gasteiger charge is 2.27. The minimum atomic E-state index is -0.211. The predicted octanol–water partition coefficient (Wildman–Crippen LogP) is 2.20. The Balaban J connectivity index is 1.62. The maximum Gasteiger partial charge on any atom is 0.262 e. The fourth-order valence-corrected chi connectivity index (χ4v) is 3.73. The molecular weight excluding hydrogens is 356 g/mol. The number of hydrogen-bond donors (Lipinski definition) is 2. The summed E-state index contributed by atoms with van der Waals surface area (Å²) in [6.07, 6.45) is 4.64. The molecule has 0 spiro atoms. The Bertz CT molecular complexity index is 848. The van der Waals surface area contributed by atoms with E-state index < -0.39 is 0 Å². The van der Waals surface area contributed by atoms with E-state index >= 15 is 0 Å². The largest absolute Gasteiger partial charge is 0.482 e. The average Bonchev–Trinajstić information content (AvgIpc) is 3.01. The van der Waals surface area contributed by atoms with Crippen molar-refractivity contribution in [2.75, 3.05) is 25.0 Å². The first-order valence-corrected chi connectivity index (χ1v) is 9.69. The van der Waals surface area contributed by atoms with E-state index in [1.807, 2.05) is 23.1 Å². The Morgan fingerprint density at radius 2 is 2.14 bits per heavy atom. The Kier molecular flexibility index (Phi) is 5.53. The van der Waals surface area contributed by atoms with E-state index in [4.69, 9.17) is 4.74 Å². The van der Waals surface area contributed by atoms with Crippen molar-refractivity contribution in [1.29, 1.82) is 0 Å². The van der Waals surface area contributed by atoms with Gasteiger partial charge in [0.25, 0.3) is 11.8 Å². The van der Waals surface area contributed by atoms with E-state index in [1.165, 1.54) is 0 Å². The number of carbonyl (C=O) groups excluding carboxylic acids is 2. The van der Waals surface area contributed by atoms with Crippen molar-refractivity contribution in [3.8, 4) is 5.75 Å². The number of aromatic nitrogens is 1. The van der Waals surface area contributed by atoms with Gasteiger partial charge in [-0.3, -0.25) is 14.6 Å². The van der Waals surface area contributed by atoms with Gasteiger partial charge < -0.3 is 20.3 Å². The van der Waals surface area contributed by atoms with Gasteiger partial charge in [0.15, 0.2) is 6.61 Å². The lowest BCUT2D eigenvalue weighted by atomic mass is 10.0. The molecule has 0 saturated carbocycles. The standard InChI is InChI=1S/C21H24N4O3/c26-20-14-28-19-7-6-15(12-18(19)24-20)21(27)25(13-16-4-1-2-10-23-16)17-5-3-9-22-11-8-17/h1-2,4,6-7,10,12,17,22H,3,5,8-9,11,13-14H2,(H,24,26). The van der Waals surface area contributed by atoms with E-state index in [1.54, 1.807) is 24.4 Å². The molecule has 2 aromatic rings.